The zero-order chi connectivity index (χ0) is 31.2. The smallest absolute Gasteiger partial charge is 0.244 e. The van der Waals surface area contributed by atoms with Crippen LogP contribution in [0.2, 0.25) is 0 Å². The minimum atomic E-state index is -1.00. The number of hydrogen-bond acceptors (Lipinski definition) is 6. The average molecular weight is 584 g/mol. The molecule has 0 saturated carbocycles. The lowest BCUT2D eigenvalue weighted by molar-refractivity contribution is -0.136. The quantitative estimate of drug-likeness (QED) is 0.216. The van der Waals surface area contributed by atoms with Gasteiger partial charge in [0.25, 0.3) is 0 Å². The standard InChI is InChI=1S/C31H42FN5O5/c1-20(2)16-27(31(42)37(3)4)36-30(41)26(18-21-8-6-5-7-9-21)35-29(40)19-34-28(39)15-14-24(32)25(33)17-22-10-12-23(38)13-11-22/h5-14,20,25-27,38H,15-19,33H2,1-4H3,(H,34,39)(H,35,40)(H,36,41)/b24-14-/t25-,26-,27-/m0/s1. The number of nitrogens with two attached hydrogens (primary N) is 1. The number of carbonyl (C=O) groups excluding carboxylic acids is 4. The normalized spacial score (nSPS) is 13.5. The molecule has 2 rings (SSSR count). The van der Waals surface area contributed by atoms with E-state index >= 15 is 0 Å². The van der Waals surface area contributed by atoms with E-state index in [9.17, 15) is 28.7 Å². The number of nitrogens with one attached hydrogen (secondary N) is 3. The third kappa shape index (κ3) is 12.1. The van der Waals surface area contributed by atoms with Crippen LogP contribution < -0.4 is 21.7 Å². The highest BCUT2D eigenvalue weighted by atomic mass is 19.1. The van der Waals surface area contributed by atoms with Crippen LogP contribution in [-0.2, 0) is 32.0 Å². The topological polar surface area (TPSA) is 154 Å². The van der Waals surface area contributed by atoms with Crippen molar-refractivity contribution in [1.82, 2.24) is 20.9 Å². The first-order valence-corrected chi connectivity index (χ1v) is 13.9. The fourth-order valence-electron chi connectivity index (χ4n) is 4.16. The number of nitrogens with zero attached hydrogens (tertiary/aromatic N) is 1. The van der Waals surface area contributed by atoms with Crippen molar-refractivity contribution in [3.63, 3.8) is 0 Å². The second kappa shape index (κ2) is 16.9. The Labute approximate surface area is 246 Å². The van der Waals surface area contributed by atoms with Crippen molar-refractivity contribution in [2.75, 3.05) is 20.6 Å². The summed E-state index contributed by atoms with van der Waals surface area (Å²) in [5, 5.41) is 17.2. The number of carbonyl (C=O) groups is 4. The Bertz CT molecular complexity index is 1220. The van der Waals surface area contributed by atoms with Gasteiger partial charge in [-0.05, 0) is 48.1 Å². The van der Waals surface area contributed by atoms with Crippen LogP contribution in [0.5, 0.6) is 5.75 Å². The summed E-state index contributed by atoms with van der Waals surface area (Å²) >= 11 is 0. The first kappa shape index (κ1) is 34.0. The highest BCUT2D eigenvalue weighted by molar-refractivity contribution is 5.93. The highest BCUT2D eigenvalue weighted by Crippen LogP contribution is 2.14. The number of amides is 4. The SMILES string of the molecule is CC(C)C[C@H](NC(=O)[C@H](Cc1ccccc1)NC(=O)CNC(=O)C/C=C(\F)[C@@H](N)Cc1ccc(O)cc1)C(=O)N(C)C. The fourth-order valence-corrected chi connectivity index (χ4v) is 4.16. The predicted molar refractivity (Wildman–Crippen MR) is 159 cm³/mol. The minimum absolute atomic E-state index is 0.0887. The van der Waals surface area contributed by atoms with Gasteiger partial charge >= 0.3 is 0 Å². The molecule has 0 aliphatic carbocycles. The summed E-state index contributed by atoms with van der Waals surface area (Å²) in [6, 6.07) is 12.6. The molecule has 11 heteroatoms. The highest BCUT2D eigenvalue weighted by Gasteiger charge is 2.28. The van der Waals surface area contributed by atoms with Gasteiger partial charge in [-0.2, -0.15) is 0 Å². The van der Waals surface area contributed by atoms with Crippen LogP contribution in [0.15, 0.2) is 66.5 Å². The number of phenols is 1. The molecule has 0 spiro atoms. The average Bonchev–Trinajstić information content (AvgIpc) is 2.95. The predicted octanol–water partition coefficient (Wildman–Crippen LogP) is 1.97. The Hall–Kier alpha value is -4.25. The van der Waals surface area contributed by atoms with E-state index in [0.717, 1.165) is 17.2 Å². The summed E-state index contributed by atoms with van der Waals surface area (Å²) in [4.78, 5) is 52.4. The molecular weight excluding hydrogens is 541 g/mol. The third-order valence-corrected chi connectivity index (χ3v) is 6.37. The molecule has 2 aromatic rings. The van der Waals surface area contributed by atoms with E-state index in [2.05, 4.69) is 16.0 Å². The first-order valence-electron chi connectivity index (χ1n) is 13.9. The van der Waals surface area contributed by atoms with Gasteiger partial charge in [0.05, 0.1) is 12.6 Å². The Morgan fingerprint density at radius 3 is 2.12 bits per heavy atom. The van der Waals surface area contributed by atoms with Crippen LogP contribution in [0.25, 0.3) is 0 Å². The van der Waals surface area contributed by atoms with Crippen LogP contribution in [0, 0.1) is 5.92 Å². The zero-order valence-electron chi connectivity index (χ0n) is 24.6. The number of hydrogen-bond donors (Lipinski definition) is 5. The van der Waals surface area contributed by atoms with Gasteiger partial charge in [0.15, 0.2) is 0 Å². The Kier molecular flexibility index (Phi) is 13.6. The molecule has 0 aromatic heterocycles. The van der Waals surface area contributed by atoms with E-state index in [1.165, 1.54) is 17.0 Å². The van der Waals surface area contributed by atoms with Gasteiger partial charge in [-0.3, -0.25) is 19.2 Å². The fraction of sp³-hybridized carbons (Fsp3) is 0.419. The van der Waals surface area contributed by atoms with Crippen LogP contribution >= 0.6 is 0 Å². The molecule has 2 aromatic carbocycles. The van der Waals surface area contributed by atoms with E-state index in [0.29, 0.717) is 6.42 Å². The summed E-state index contributed by atoms with van der Waals surface area (Å²) in [6.07, 6.45) is 1.49. The number of likely N-dealkylation sites (N-methyl/N-ethyl adjacent to an activating group) is 1. The third-order valence-electron chi connectivity index (χ3n) is 6.37. The number of benzene rings is 2. The first-order chi connectivity index (χ1) is 19.8. The van der Waals surface area contributed by atoms with Crippen LogP contribution in [0.3, 0.4) is 0 Å². The van der Waals surface area contributed by atoms with Crippen molar-refractivity contribution >= 4 is 23.6 Å². The van der Waals surface area contributed by atoms with Gasteiger partial charge in [-0.25, -0.2) is 4.39 Å². The van der Waals surface area contributed by atoms with Crippen molar-refractivity contribution in [3.8, 4) is 5.75 Å². The largest absolute Gasteiger partial charge is 0.508 e. The Balaban J connectivity index is 1.98. The monoisotopic (exact) mass is 583 g/mol. The number of rotatable bonds is 15. The molecule has 4 amide bonds. The van der Waals surface area contributed by atoms with Crippen molar-refractivity contribution in [3.05, 3.63) is 77.6 Å². The molecule has 0 fully saturated rings. The molecule has 6 N–H and O–H groups in total. The molecule has 3 atom stereocenters. The molecule has 0 saturated heterocycles. The van der Waals surface area contributed by atoms with Crippen molar-refractivity contribution < 1.29 is 28.7 Å². The molecule has 0 bridgehead atoms. The second-order valence-electron chi connectivity index (χ2n) is 10.8. The number of halogens is 1. The molecule has 228 valence electrons. The summed E-state index contributed by atoms with van der Waals surface area (Å²) in [5.74, 6) is -2.44. The van der Waals surface area contributed by atoms with Crippen molar-refractivity contribution in [1.29, 1.82) is 0 Å². The molecule has 0 heterocycles. The lowest BCUT2D eigenvalue weighted by atomic mass is 10.0. The van der Waals surface area contributed by atoms with Crippen molar-refractivity contribution in [2.45, 2.75) is 57.7 Å². The molecule has 0 aliphatic heterocycles. The van der Waals surface area contributed by atoms with Gasteiger partial charge in [-0.15, -0.1) is 0 Å². The maximum atomic E-state index is 14.4. The van der Waals surface area contributed by atoms with Gasteiger partial charge in [-0.1, -0.05) is 56.3 Å². The van der Waals surface area contributed by atoms with Crippen molar-refractivity contribution in [2.24, 2.45) is 11.7 Å². The number of aromatic hydroxyl groups is 1. The van der Waals surface area contributed by atoms with E-state index in [-0.39, 0.29) is 36.8 Å². The Morgan fingerprint density at radius 1 is 0.905 bits per heavy atom. The summed E-state index contributed by atoms with van der Waals surface area (Å²) < 4.78 is 14.4. The summed E-state index contributed by atoms with van der Waals surface area (Å²) in [5.41, 5.74) is 7.39. The van der Waals surface area contributed by atoms with E-state index < -0.39 is 48.2 Å². The molecule has 0 aliphatic rings. The van der Waals surface area contributed by atoms with Gasteiger partial charge in [0, 0.05) is 26.9 Å². The second-order valence-corrected chi connectivity index (χ2v) is 10.8. The lowest BCUT2D eigenvalue weighted by Gasteiger charge is -2.26. The minimum Gasteiger partial charge on any atom is -0.508 e. The molecule has 0 radical (unpaired) electrons. The van der Waals surface area contributed by atoms with Crippen LogP contribution in [0.1, 0.15) is 37.8 Å². The maximum absolute atomic E-state index is 14.4. The molecule has 10 nitrogen and oxygen atoms in total. The number of phenolic OH excluding ortho intramolecular Hbond substituents is 1. The lowest BCUT2D eigenvalue weighted by Crippen LogP contribution is -2.55. The van der Waals surface area contributed by atoms with E-state index in [1.54, 1.807) is 26.2 Å². The maximum Gasteiger partial charge on any atom is 0.244 e. The van der Waals surface area contributed by atoms with Crippen LogP contribution in [-0.4, -0.2) is 72.4 Å². The molecular formula is C31H42FN5O5. The van der Waals surface area contributed by atoms with Crippen LogP contribution in [0.4, 0.5) is 4.39 Å². The molecule has 42 heavy (non-hydrogen) atoms. The van der Waals surface area contributed by atoms with E-state index in [4.69, 9.17) is 5.73 Å². The van der Waals surface area contributed by atoms with E-state index in [1.807, 2.05) is 44.2 Å². The van der Waals surface area contributed by atoms with Gasteiger partial charge in [0.2, 0.25) is 23.6 Å². The Morgan fingerprint density at radius 2 is 1.52 bits per heavy atom. The molecule has 0 unspecified atom stereocenters. The van der Waals surface area contributed by atoms with Gasteiger partial charge in [0.1, 0.15) is 23.7 Å². The summed E-state index contributed by atoms with van der Waals surface area (Å²) in [6.45, 7) is 3.45. The zero-order valence-corrected chi connectivity index (χ0v) is 24.6. The van der Waals surface area contributed by atoms with Gasteiger partial charge < -0.3 is 31.7 Å². The summed E-state index contributed by atoms with van der Waals surface area (Å²) in [7, 11) is 3.22.